The fourth-order valence-electron chi connectivity index (χ4n) is 6.38. The first kappa shape index (κ1) is 24.5. The van der Waals surface area contributed by atoms with Crippen LogP contribution in [0.1, 0.15) is 68.1 Å². The summed E-state index contributed by atoms with van der Waals surface area (Å²) in [5.74, 6) is -0.706. The van der Waals surface area contributed by atoms with E-state index in [4.69, 9.17) is 9.72 Å². The van der Waals surface area contributed by atoms with Gasteiger partial charge in [0.1, 0.15) is 11.9 Å². The van der Waals surface area contributed by atoms with Crippen molar-refractivity contribution in [1.82, 2.24) is 14.5 Å². The Balaban J connectivity index is 1.53. The predicted octanol–water partition coefficient (Wildman–Crippen LogP) is 5.32. The Morgan fingerprint density at radius 1 is 1.16 bits per heavy atom. The van der Waals surface area contributed by atoms with Crippen molar-refractivity contribution in [1.29, 1.82) is 0 Å². The highest BCUT2D eigenvalue weighted by atomic mass is 16.5. The summed E-state index contributed by atoms with van der Waals surface area (Å²) in [6.45, 7) is 2.00. The smallest absolute Gasteiger partial charge is 0.414 e. The first-order valence-electron chi connectivity index (χ1n) is 13.3. The highest BCUT2D eigenvalue weighted by molar-refractivity contribution is 5.95. The van der Waals surface area contributed by atoms with Crippen LogP contribution in [-0.2, 0) is 16.0 Å². The molecular formula is C29H32N4O5. The minimum Gasteiger partial charge on any atom is -0.481 e. The van der Waals surface area contributed by atoms with Gasteiger partial charge in [-0.15, -0.1) is 0 Å². The standard InChI is InChI=1S/C29H32N4O5/c1-16-6-8-21-23(32(16)29(37)38-2)10-11-24-25(21)31-27(33(24)20-5-3-4-19(15-20)28(35)36)26(34)18-7-9-22-17(14-18)12-13-30-22/h7,9-14,16,19-20,26,30,34H,3-6,8,15H2,1-2H3,(H,35,36)/t16-,19?,20?,26?/m0/s1. The molecule has 6 rings (SSSR count). The van der Waals surface area contributed by atoms with E-state index in [9.17, 15) is 19.8 Å². The van der Waals surface area contributed by atoms with Gasteiger partial charge in [0.05, 0.1) is 29.7 Å². The van der Waals surface area contributed by atoms with Crippen LogP contribution in [-0.4, -0.2) is 50.0 Å². The van der Waals surface area contributed by atoms with E-state index in [1.54, 1.807) is 4.90 Å². The Morgan fingerprint density at radius 2 is 2.00 bits per heavy atom. The molecule has 1 fully saturated rings. The topological polar surface area (TPSA) is 121 Å². The second-order valence-corrected chi connectivity index (χ2v) is 10.6. The normalized spacial score (nSPS) is 22.4. The monoisotopic (exact) mass is 516 g/mol. The Labute approximate surface area is 220 Å². The predicted molar refractivity (Wildman–Crippen MR) is 143 cm³/mol. The van der Waals surface area contributed by atoms with Crippen LogP contribution in [0, 0.1) is 5.92 Å². The number of rotatable bonds is 4. The van der Waals surface area contributed by atoms with E-state index in [1.165, 1.54) is 7.11 Å². The lowest BCUT2D eigenvalue weighted by molar-refractivity contribution is -0.143. The highest BCUT2D eigenvalue weighted by Crippen LogP contribution is 2.42. The molecule has 2 aliphatic rings. The molecule has 38 heavy (non-hydrogen) atoms. The maximum Gasteiger partial charge on any atom is 0.414 e. The van der Waals surface area contributed by atoms with Gasteiger partial charge in [-0.25, -0.2) is 9.78 Å². The summed E-state index contributed by atoms with van der Waals surface area (Å²) < 4.78 is 7.14. The van der Waals surface area contributed by atoms with Gasteiger partial charge in [0, 0.05) is 29.4 Å². The first-order valence-corrected chi connectivity index (χ1v) is 13.3. The van der Waals surface area contributed by atoms with Gasteiger partial charge < -0.3 is 24.5 Å². The molecule has 1 aliphatic carbocycles. The number of hydrogen-bond donors (Lipinski definition) is 3. The van der Waals surface area contributed by atoms with Gasteiger partial charge in [0.25, 0.3) is 0 Å². The van der Waals surface area contributed by atoms with E-state index in [-0.39, 0.29) is 12.1 Å². The molecule has 0 bridgehead atoms. The van der Waals surface area contributed by atoms with Gasteiger partial charge in [0.15, 0.2) is 0 Å². The number of ether oxygens (including phenoxy) is 1. The van der Waals surface area contributed by atoms with Crippen LogP contribution in [0.25, 0.3) is 21.9 Å². The van der Waals surface area contributed by atoms with Crippen LogP contribution >= 0.6 is 0 Å². The summed E-state index contributed by atoms with van der Waals surface area (Å²) in [5, 5.41) is 22.5. The molecule has 1 amide bonds. The number of aryl methyl sites for hydroxylation is 1. The number of carbonyl (C=O) groups excluding carboxylic acids is 1. The van der Waals surface area contributed by atoms with Gasteiger partial charge in [-0.05, 0) is 80.3 Å². The number of anilines is 1. The zero-order chi connectivity index (χ0) is 26.6. The number of benzene rings is 2. The molecule has 2 aromatic carbocycles. The van der Waals surface area contributed by atoms with Crippen LogP contribution < -0.4 is 4.90 Å². The fourth-order valence-corrected chi connectivity index (χ4v) is 6.38. The van der Waals surface area contributed by atoms with E-state index < -0.39 is 24.1 Å². The number of amides is 1. The Morgan fingerprint density at radius 3 is 2.79 bits per heavy atom. The number of H-pyrrole nitrogens is 1. The van der Waals surface area contributed by atoms with Crippen LogP contribution in [0.5, 0.6) is 0 Å². The molecule has 1 aliphatic heterocycles. The second kappa shape index (κ2) is 9.47. The summed E-state index contributed by atoms with van der Waals surface area (Å²) >= 11 is 0. The van der Waals surface area contributed by atoms with E-state index in [2.05, 4.69) is 9.55 Å². The average Bonchev–Trinajstić information content (AvgIpc) is 3.56. The van der Waals surface area contributed by atoms with Gasteiger partial charge >= 0.3 is 12.1 Å². The number of nitrogens with zero attached hydrogens (tertiary/aromatic N) is 3. The molecule has 3 heterocycles. The third kappa shape index (κ3) is 3.93. The number of carboxylic acid groups (broad SMARTS) is 1. The minimum absolute atomic E-state index is 0.0118. The number of aromatic amines is 1. The van der Waals surface area contributed by atoms with Crippen molar-refractivity contribution in [2.24, 2.45) is 5.92 Å². The van der Waals surface area contributed by atoms with Gasteiger partial charge in [-0.1, -0.05) is 12.5 Å². The molecule has 4 atom stereocenters. The lowest BCUT2D eigenvalue weighted by Gasteiger charge is -2.34. The summed E-state index contributed by atoms with van der Waals surface area (Å²) in [6.07, 6.45) is 4.72. The molecule has 0 radical (unpaired) electrons. The van der Waals surface area contributed by atoms with Crippen LogP contribution in [0.15, 0.2) is 42.6 Å². The van der Waals surface area contributed by atoms with E-state index in [1.807, 2.05) is 49.5 Å². The maximum atomic E-state index is 12.7. The number of fused-ring (bicyclic) bond motifs is 4. The number of aliphatic hydroxyl groups is 1. The van der Waals surface area contributed by atoms with Crippen molar-refractivity contribution >= 4 is 39.7 Å². The molecule has 4 aromatic rings. The van der Waals surface area contributed by atoms with Crippen LogP contribution in [0.2, 0.25) is 0 Å². The quantitative estimate of drug-likeness (QED) is 0.338. The number of imidazole rings is 1. The lowest BCUT2D eigenvalue weighted by atomic mass is 9.85. The molecular weight excluding hydrogens is 484 g/mol. The number of nitrogens with one attached hydrogen (secondary N) is 1. The SMILES string of the molecule is COC(=O)N1c2ccc3c(nc(C(O)c4ccc5[nH]ccc5c4)n3C3CCCC(C(=O)O)C3)c2CC[C@@H]1C. The van der Waals surface area contributed by atoms with E-state index >= 15 is 0 Å². The number of hydrogen-bond acceptors (Lipinski definition) is 5. The van der Waals surface area contributed by atoms with Crippen LogP contribution in [0.3, 0.4) is 0 Å². The van der Waals surface area contributed by atoms with Gasteiger partial charge in [-0.3, -0.25) is 9.69 Å². The average molecular weight is 517 g/mol. The molecule has 0 saturated heterocycles. The molecule has 2 aromatic heterocycles. The molecule has 9 heteroatoms. The number of carbonyl (C=O) groups is 2. The molecule has 3 N–H and O–H groups in total. The zero-order valence-corrected chi connectivity index (χ0v) is 21.6. The summed E-state index contributed by atoms with van der Waals surface area (Å²) in [7, 11) is 1.38. The number of methoxy groups -OCH3 is 1. The summed E-state index contributed by atoms with van der Waals surface area (Å²) in [4.78, 5) is 34.4. The molecule has 9 nitrogen and oxygen atoms in total. The highest BCUT2D eigenvalue weighted by Gasteiger charge is 2.35. The number of aliphatic hydroxyl groups excluding tert-OH is 1. The van der Waals surface area contributed by atoms with Gasteiger partial charge in [-0.2, -0.15) is 0 Å². The van der Waals surface area contributed by atoms with Crippen molar-refractivity contribution in [3.8, 4) is 0 Å². The third-order valence-corrected chi connectivity index (χ3v) is 8.35. The molecule has 0 spiro atoms. The Kier molecular flexibility index (Phi) is 6.10. The lowest BCUT2D eigenvalue weighted by Crippen LogP contribution is -2.42. The van der Waals surface area contributed by atoms with Crippen LogP contribution in [0.4, 0.5) is 10.5 Å². The number of aliphatic carboxylic acids is 1. The van der Waals surface area contributed by atoms with Gasteiger partial charge in [0.2, 0.25) is 0 Å². The summed E-state index contributed by atoms with van der Waals surface area (Å²) in [5.41, 5.74) is 5.03. The molecule has 1 saturated carbocycles. The molecule has 3 unspecified atom stereocenters. The number of carboxylic acids is 1. The molecule has 198 valence electrons. The first-order chi connectivity index (χ1) is 18.4. The van der Waals surface area contributed by atoms with Crippen molar-refractivity contribution < 1.29 is 24.5 Å². The van der Waals surface area contributed by atoms with Crippen molar-refractivity contribution in [3.63, 3.8) is 0 Å². The largest absolute Gasteiger partial charge is 0.481 e. The summed E-state index contributed by atoms with van der Waals surface area (Å²) in [6, 6.07) is 11.5. The minimum atomic E-state index is -0.998. The number of aromatic nitrogens is 3. The van der Waals surface area contributed by atoms with Crippen molar-refractivity contribution in [2.45, 2.75) is 63.6 Å². The van der Waals surface area contributed by atoms with E-state index in [0.717, 1.165) is 64.4 Å². The fraction of sp³-hybridized carbons (Fsp3) is 0.414. The Bertz CT molecular complexity index is 1540. The van der Waals surface area contributed by atoms with Crippen molar-refractivity contribution in [3.05, 3.63) is 59.5 Å². The third-order valence-electron chi connectivity index (χ3n) is 8.35. The second-order valence-electron chi connectivity index (χ2n) is 10.6. The van der Waals surface area contributed by atoms with E-state index in [0.29, 0.717) is 18.7 Å². The maximum absolute atomic E-state index is 12.7. The Hall–Kier alpha value is -3.85. The van der Waals surface area contributed by atoms with Crippen molar-refractivity contribution in [2.75, 3.05) is 12.0 Å². The zero-order valence-electron chi connectivity index (χ0n) is 21.6.